The van der Waals surface area contributed by atoms with Crippen LogP contribution in [0.2, 0.25) is 0 Å². The first kappa shape index (κ1) is 16.0. The summed E-state index contributed by atoms with van der Waals surface area (Å²) in [5, 5.41) is 2.84. The highest BCUT2D eigenvalue weighted by Gasteiger charge is 2.39. The number of halogens is 1. The molecule has 1 aromatic carbocycles. The molecule has 1 saturated heterocycles. The van der Waals surface area contributed by atoms with Gasteiger partial charge in [0.2, 0.25) is 11.8 Å². The largest absolute Gasteiger partial charge is 0.342 e. The fourth-order valence-electron chi connectivity index (χ4n) is 2.65. The Morgan fingerprint density at radius 2 is 2.00 bits per heavy atom. The molecule has 5 heteroatoms. The van der Waals surface area contributed by atoms with Crippen molar-refractivity contribution < 1.29 is 9.59 Å². The van der Waals surface area contributed by atoms with Crippen molar-refractivity contribution in [1.29, 1.82) is 0 Å². The highest BCUT2D eigenvalue weighted by molar-refractivity contribution is 9.10. The Kier molecular flexibility index (Phi) is 4.71. The van der Waals surface area contributed by atoms with E-state index in [1.807, 2.05) is 39.0 Å². The van der Waals surface area contributed by atoms with Crippen LogP contribution in [-0.2, 0) is 9.59 Å². The topological polar surface area (TPSA) is 49.4 Å². The highest BCUT2D eigenvalue weighted by atomic mass is 79.9. The van der Waals surface area contributed by atoms with Gasteiger partial charge in [-0.25, -0.2) is 0 Å². The molecule has 0 bridgehead atoms. The van der Waals surface area contributed by atoms with Gasteiger partial charge in [0.25, 0.3) is 0 Å². The Labute approximate surface area is 134 Å². The van der Waals surface area contributed by atoms with Crippen LogP contribution in [0, 0.1) is 12.8 Å². The second kappa shape index (κ2) is 6.18. The molecule has 2 rings (SSSR count). The number of anilines is 1. The molecular weight excluding hydrogens is 332 g/mol. The summed E-state index contributed by atoms with van der Waals surface area (Å²) in [7, 11) is 0. The van der Waals surface area contributed by atoms with Gasteiger partial charge in [-0.15, -0.1) is 0 Å². The third-order valence-corrected chi connectivity index (χ3v) is 4.68. The molecule has 0 radical (unpaired) electrons. The first-order chi connectivity index (χ1) is 9.82. The minimum atomic E-state index is -0.492. The van der Waals surface area contributed by atoms with Gasteiger partial charge >= 0.3 is 0 Å². The number of nitrogens with one attached hydrogen (secondary N) is 1. The molecular formula is C16H21BrN2O2. The molecule has 4 nitrogen and oxygen atoms in total. The van der Waals surface area contributed by atoms with E-state index in [-0.39, 0.29) is 11.8 Å². The van der Waals surface area contributed by atoms with E-state index in [2.05, 4.69) is 21.2 Å². The molecule has 2 atom stereocenters. The summed E-state index contributed by atoms with van der Waals surface area (Å²) >= 11 is 3.48. The maximum atomic E-state index is 12.8. The van der Waals surface area contributed by atoms with Crippen LogP contribution >= 0.6 is 15.9 Å². The maximum absolute atomic E-state index is 12.8. The Morgan fingerprint density at radius 3 is 2.62 bits per heavy atom. The third kappa shape index (κ3) is 3.12. The average molecular weight is 353 g/mol. The summed E-state index contributed by atoms with van der Waals surface area (Å²) in [6.07, 6.45) is 0.654. The van der Waals surface area contributed by atoms with Gasteiger partial charge < -0.3 is 5.32 Å². The fraction of sp³-hybridized carbons (Fsp3) is 0.500. The van der Waals surface area contributed by atoms with Crippen LogP contribution in [0.4, 0.5) is 5.69 Å². The smallest absolute Gasteiger partial charge is 0.250 e. The van der Waals surface area contributed by atoms with Crippen molar-refractivity contribution in [2.24, 2.45) is 5.92 Å². The molecule has 1 N–H and O–H groups in total. The average Bonchev–Trinajstić information content (AvgIpc) is 2.40. The monoisotopic (exact) mass is 352 g/mol. The summed E-state index contributed by atoms with van der Waals surface area (Å²) in [6, 6.07) is 4.78. The van der Waals surface area contributed by atoms with Crippen molar-refractivity contribution in [3.63, 3.8) is 0 Å². The van der Waals surface area contributed by atoms with Gasteiger partial charge in [-0.1, -0.05) is 35.8 Å². The number of nitrogens with zero attached hydrogens (tertiary/aromatic N) is 1. The zero-order chi connectivity index (χ0) is 15.7. The summed E-state index contributed by atoms with van der Waals surface area (Å²) < 4.78 is 0.936. The van der Waals surface area contributed by atoms with Crippen LogP contribution in [0.25, 0.3) is 0 Å². The van der Waals surface area contributed by atoms with Crippen LogP contribution in [0.1, 0.15) is 32.8 Å². The Balaban J connectivity index is 2.41. The molecule has 2 amide bonds. The molecule has 1 fully saturated rings. The van der Waals surface area contributed by atoms with E-state index in [0.29, 0.717) is 12.3 Å². The molecule has 2 unspecified atom stereocenters. The van der Waals surface area contributed by atoms with Gasteiger partial charge in [0.05, 0.1) is 0 Å². The van der Waals surface area contributed by atoms with Gasteiger partial charge in [0.1, 0.15) is 12.1 Å². The molecule has 0 aliphatic carbocycles. The Bertz CT molecular complexity index is 571. The van der Waals surface area contributed by atoms with Crippen LogP contribution in [0.15, 0.2) is 22.7 Å². The molecule has 0 saturated carbocycles. The van der Waals surface area contributed by atoms with E-state index in [9.17, 15) is 9.59 Å². The number of carbonyl (C=O) groups excluding carboxylic acids is 2. The van der Waals surface area contributed by atoms with E-state index in [0.717, 1.165) is 15.7 Å². The van der Waals surface area contributed by atoms with Gasteiger partial charge in [-0.05, 0) is 43.9 Å². The molecule has 1 aromatic rings. The molecule has 0 spiro atoms. The Morgan fingerprint density at radius 1 is 1.33 bits per heavy atom. The van der Waals surface area contributed by atoms with Crippen molar-refractivity contribution >= 4 is 33.4 Å². The SMILES string of the molecule is Cc1c(Br)cccc1N1C(=O)C(CC(C)C)NC(=O)C1C. The predicted octanol–water partition coefficient (Wildman–Crippen LogP) is 3.02. The summed E-state index contributed by atoms with van der Waals surface area (Å²) in [5.41, 5.74) is 1.76. The maximum Gasteiger partial charge on any atom is 0.250 e. The lowest BCUT2D eigenvalue weighted by molar-refractivity contribution is -0.133. The number of benzene rings is 1. The van der Waals surface area contributed by atoms with E-state index in [4.69, 9.17) is 0 Å². The van der Waals surface area contributed by atoms with Gasteiger partial charge in [-0.3, -0.25) is 14.5 Å². The fourth-order valence-corrected chi connectivity index (χ4v) is 3.00. The van der Waals surface area contributed by atoms with Gasteiger partial charge in [-0.2, -0.15) is 0 Å². The lowest BCUT2D eigenvalue weighted by Gasteiger charge is -2.38. The second-order valence-corrected chi connectivity index (χ2v) is 6.81. The number of carbonyl (C=O) groups is 2. The number of piperazine rings is 1. The van der Waals surface area contributed by atoms with Crippen molar-refractivity contribution in [1.82, 2.24) is 5.32 Å². The highest BCUT2D eigenvalue weighted by Crippen LogP contribution is 2.30. The normalized spacial score (nSPS) is 22.7. The number of hydrogen-bond acceptors (Lipinski definition) is 2. The van der Waals surface area contributed by atoms with E-state index in [1.165, 1.54) is 0 Å². The number of hydrogen-bond donors (Lipinski definition) is 1. The summed E-state index contributed by atoms with van der Waals surface area (Å²) in [4.78, 5) is 26.6. The molecule has 1 heterocycles. The van der Waals surface area contributed by atoms with Crippen LogP contribution in [-0.4, -0.2) is 23.9 Å². The van der Waals surface area contributed by atoms with Gasteiger partial charge in [0, 0.05) is 10.2 Å². The minimum Gasteiger partial charge on any atom is -0.342 e. The molecule has 114 valence electrons. The first-order valence-corrected chi connectivity index (χ1v) is 8.00. The molecule has 1 aliphatic heterocycles. The van der Waals surface area contributed by atoms with Crippen molar-refractivity contribution in [2.45, 2.75) is 46.2 Å². The van der Waals surface area contributed by atoms with Gasteiger partial charge in [0.15, 0.2) is 0 Å². The lowest BCUT2D eigenvalue weighted by Crippen LogP contribution is -2.63. The summed E-state index contributed by atoms with van der Waals surface area (Å²) in [5.74, 6) is 0.217. The molecule has 21 heavy (non-hydrogen) atoms. The van der Waals surface area contributed by atoms with Crippen LogP contribution in [0.3, 0.4) is 0 Å². The number of amides is 2. The zero-order valence-corrected chi connectivity index (χ0v) is 14.4. The second-order valence-electron chi connectivity index (χ2n) is 5.96. The van der Waals surface area contributed by atoms with Crippen molar-refractivity contribution in [2.75, 3.05) is 4.90 Å². The third-order valence-electron chi connectivity index (χ3n) is 3.82. The van der Waals surface area contributed by atoms with E-state index < -0.39 is 12.1 Å². The van der Waals surface area contributed by atoms with Crippen LogP contribution < -0.4 is 10.2 Å². The lowest BCUT2D eigenvalue weighted by atomic mass is 9.98. The van der Waals surface area contributed by atoms with Crippen molar-refractivity contribution in [3.05, 3.63) is 28.2 Å². The molecule has 0 aromatic heterocycles. The van der Waals surface area contributed by atoms with E-state index >= 15 is 0 Å². The zero-order valence-electron chi connectivity index (χ0n) is 12.8. The minimum absolute atomic E-state index is 0.0306. The Hall–Kier alpha value is -1.36. The van der Waals surface area contributed by atoms with Crippen molar-refractivity contribution in [3.8, 4) is 0 Å². The molecule has 1 aliphatic rings. The quantitative estimate of drug-likeness (QED) is 0.908. The van der Waals surface area contributed by atoms with Crippen LogP contribution in [0.5, 0.6) is 0 Å². The summed E-state index contributed by atoms with van der Waals surface area (Å²) in [6.45, 7) is 7.81. The number of rotatable bonds is 3. The first-order valence-electron chi connectivity index (χ1n) is 7.21. The predicted molar refractivity (Wildman–Crippen MR) is 87.2 cm³/mol. The van der Waals surface area contributed by atoms with E-state index in [1.54, 1.807) is 11.8 Å². The standard InChI is InChI=1S/C16H21BrN2O2/c1-9(2)8-13-16(21)19(11(4)15(20)18-13)14-7-5-6-12(17)10(14)3/h5-7,9,11,13H,8H2,1-4H3,(H,18,20).